The molecule has 36 heavy (non-hydrogen) atoms. The van der Waals surface area contributed by atoms with Crippen molar-refractivity contribution in [3.63, 3.8) is 0 Å². The maximum atomic E-state index is 13.8. The number of likely N-dealkylation sites (tertiary alicyclic amines) is 1. The molecule has 2 heterocycles. The molecule has 2 aromatic carbocycles. The lowest BCUT2D eigenvalue weighted by molar-refractivity contribution is -0.143. The largest absolute Gasteiger partial charge is 0.327 e. The van der Waals surface area contributed by atoms with Crippen molar-refractivity contribution in [3.05, 3.63) is 65.5 Å². The summed E-state index contributed by atoms with van der Waals surface area (Å²) in [5.41, 5.74) is 0.353. The van der Waals surface area contributed by atoms with E-state index in [1.807, 2.05) is 26.0 Å². The van der Waals surface area contributed by atoms with Crippen molar-refractivity contribution in [2.24, 2.45) is 5.92 Å². The molecule has 0 unspecified atom stereocenters. The predicted molar refractivity (Wildman–Crippen MR) is 129 cm³/mol. The molecule has 3 atom stereocenters. The van der Waals surface area contributed by atoms with E-state index in [0.717, 1.165) is 22.6 Å². The number of benzene rings is 2. The second-order valence-electron chi connectivity index (χ2n) is 9.79. The molecule has 8 nitrogen and oxygen atoms in total. The summed E-state index contributed by atoms with van der Waals surface area (Å²) in [5.74, 6) is -3.08. The first kappa shape index (κ1) is 25.0. The molecular weight excluding hydrogens is 463 g/mol. The topological polar surface area (TPSA) is 111 Å². The van der Waals surface area contributed by atoms with E-state index in [1.165, 1.54) is 24.1 Å². The molecule has 1 fully saturated rings. The Labute approximate surface area is 208 Å². The molecule has 1 N–H and O–H groups in total. The van der Waals surface area contributed by atoms with Gasteiger partial charge in [-0.2, -0.15) is 5.26 Å². The number of Topliss-reactive ketones (excluding diaryl/α,β-unsaturated/α-hetero) is 1. The summed E-state index contributed by atoms with van der Waals surface area (Å²) in [6.45, 7) is 3.76. The van der Waals surface area contributed by atoms with E-state index >= 15 is 0 Å². The summed E-state index contributed by atoms with van der Waals surface area (Å²) >= 11 is 0. The van der Waals surface area contributed by atoms with Crippen LogP contribution in [0.3, 0.4) is 0 Å². The van der Waals surface area contributed by atoms with Crippen LogP contribution in [0.15, 0.2) is 48.5 Å². The van der Waals surface area contributed by atoms with Crippen molar-refractivity contribution in [2.75, 3.05) is 18.9 Å². The SMILES string of the molecule is CC(C)C[C@@H](C(=O)N1C[C@]2(C[C@H]1C#N)C(=O)Nc1ccccc12)N(C)C(=O)C(=O)c1ccc(F)cc1. The third-order valence-corrected chi connectivity index (χ3v) is 6.98. The van der Waals surface area contributed by atoms with Gasteiger partial charge in [0.15, 0.2) is 0 Å². The second kappa shape index (κ2) is 9.53. The van der Waals surface area contributed by atoms with Crippen LogP contribution in [0, 0.1) is 23.1 Å². The van der Waals surface area contributed by atoms with Crippen LogP contribution in [-0.4, -0.2) is 59.0 Å². The van der Waals surface area contributed by atoms with Gasteiger partial charge in [0.2, 0.25) is 17.6 Å². The Morgan fingerprint density at radius 2 is 1.86 bits per heavy atom. The molecule has 0 radical (unpaired) electrons. The third-order valence-electron chi connectivity index (χ3n) is 6.98. The summed E-state index contributed by atoms with van der Waals surface area (Å²) < 4.78 is 13.3. The molecule has 1 saturated heterocycles. The molecule has 0 aromatic heterocycles. The molecule has 186 valence electrons. The Bertz CT molecular complexity index is 1270. The highest BCUT2D eigenvalue weighted by Crippen LogP contribution is 2.46. The Morgan fingerprint density at radius 1 is 1.19 bits per heavy atom. The van der Waals surface area contributed by atoms with Gasteiger partial charge in [-0.25, -0.2) is 4.39 Å². The lowest BCUT2D eigenvalue weighted by Gasteiger charge is -2.33. The maximum Gasteiger partial charge on any atom is 0.295 e. The summed E-state index contributed by atoms with van der Waals surface area (Å²) in [6, 6.07) is 12.1. The van der Waals surface area contributed by atoms with Gasteiger partial charge in [0, 0.05) is 31.3 Å². The first-order valence-corrected chi connectivity index (χ1v) is 11.8. The summed E-state index contributed by atoms with van der Waals surface area (Å²) in [5, 5.41) is 12.7. The number of halogens is 1. The number of hydrogen-bond donors (Lipinski definition) is 1. The van der Waals surface area contributed by atoms with Crippen molar-refractivity contribution in [2.45, 2.75) is 44.2 Å². The van der Waals surface area contributed by atoms with Gasteiger partial charge < -0.3 is 15.1 Å². The maximum absolute atomic E-state index is 13.8. The number of para-hydroxylation sites is 1. The minimum absolute atomic E-state index is 0.00452. The number of nitriles is 1. The number of fused-ring (bicyclic) bond motifs is 2. The van der Waals surface area contributed by atoms with E-state index in [9.17, 15) is 28.8 Å². The summed E-state index contributed by atoms with van der Waals surface area (Å²) in [4.78, 5) is 55.2. The van der Waals surface area contributed by atoms with Crippen molar-refractivity contribution in [1.82, 2.24) is 9.80 Å². The lowest BCUT2D eigenvalue weighted by Crippen LogP contribution is -2.53. The van der Waals surface area contributed by atoms with E-state index in [0.29, 0.717) is 5.69 Å². The highest BCUT2D eigenvalue weighted by atomic mass is 19.1. The van der Waals surface area contributed by atoms with Crippen LogP contribution in [-0.2, 0) is 19.8 Å². The fourth-order valence-corrected chi connectivity index (χ4v) is 5.07. The zero-order valence-electron chi connectivity index (χ0n) is 20.3. The highest BCUT2D eigenvalue weighted by Gasteiger charge is 2.56. The summed E-state index contributed by atoms with van der Waals surface area (Å²) in [6.07, 6.45) is 0.390. The van der Waals surface area contributed by atoms with Crippen molar-refractivity contribution in [1.29, 1.82) is 5.26 Å². The number of nitrogens with zero attached hydrogens (tertiary/aromatic N) is 3. The van der Waals surface area contributed by atoms with E-state index in [1.54, 1.807) is 12.1 Å². The van der Waals surface area contributed by atoms with Crippen LogP contribution in [0.1, 0.15) is 42.6 Å². The number of nitrogens with one attached hydrogen (secondary N) is 1. The zero-order chi connectivity index (χ0) is 26.2. The molecule has 9 heteroatoms. The van der Waals surface area contributed by atoms with Crippen molar-refractivity contribution < 1.29 is 23.6 Å². The van der Waals surface area contributed by atoms with Crippen LogP contribution in [0.5, 0.6) is 0 Å². The lowest BCUT2D eigenvalue weighted by atomic mass is 9.80. The number of carbonyl (C=O) groups is 4. The van der Waals surface area contributed by atoms with Gasteiger partial charge in [0.1, 0.15) is 17.9 Å². The Balaban J connectivity index is 1.63. The van der Waals surface area contributed by atoms with Crippen LogP contribution in [0.2, 0.25) is 0 Å². The van der Waals surface area contributed by atoms with Gasteiger partial charge in [-0.05, 0) is 48.2 Å². The first-order valence-electron chi connectivity index (χ1n) is 11.8. The fourth-order valence-electron chi connectivity index (χ4n) is 5.07. The third kappa shape index (κ3) is 4.24. The predicted octanol–water partition coefficient (Wildman–Crippen LogP) is 2.90. The molecular formula is C27H27FN4O4. The van der Waals surface area contributed by atoms with Gasteiger partial charge in [-0.15, -0.1) is 0 Å². The average Bonchev–Trinajstić information content (AvgIpc) is 3.39. The molecule has 1 spiro atoms. The van der Waals surface area contributed by atoms with Crippen molar-refractivity contribution >= 4 is 29.2 Å². The van der Waals surface area contributed by atoms with E-state index in [4.69, 9.17) is 0 Å². The van der Waals surface area contributed by atoms with Gasteiger partial charge in [0.05, 0.1) is 11.5 Å². The van der Waals surface area contributed by atoms with Crippen LogP contribution >= 0.6 is 0 Å². The molecule has 2 aliphatic heterocycles. The molecule has 4 rings (SSSR count). The number of anilines is 1. The second-order valence-corrected chi connectivity index (χ2v) is 9.79. The molecule has 0 saturated carbocycles. The molecule has 2 aromatic rings. The quantitative estimate of drug-likeness (QED) is 0.495. The van der Waals surface area contributed by atoms with E-state index in [2.05, 4.69) is 11.4 Å². The van der Waals surface area contributed by atoms with Gasteiger partial charge in [0.25, 0.3) is 5.91 Å². The minimum Gasteiger partial charge on any atom is -0.327 e. The van der Waals surface area contributed by atoms with Gasteiger partial charge in [-0.3, -0.25) is 19.2 Å². The molecule has 3 amide bonds. The first-order chi connectivity index (χ1) is 17.1. The highest BCUT2D eigenvalue weighted by molar-refractivity contribution is 6.43. The number of likely N-dealkylation sites (N-methyl/N-ethyl adjacent to an activating group) is 1. The fraction of sp³-hybridized carbons (Fsp3) is 0.370. The minimum atomic E-state index is -1.05. The number of rotatable bonds is 6. The zero-order valence-corrected chi connectivity index (χ0v) is 20.3. The van der Waals surface area contributed by atoms with E-state index in [-0.39, 0.29) is 36.8 Å². The number of hydrogen-bond acceptors (Lipinski definition) is 5. The van der Waals surface area contributed by atoms with Crippen molar-refractivity contribution in [3.8, 4) is 6.07 Å². The monoisotopic (exact) mass is 490 g/mol. The number of amides is 3. The normalized spacial score (nSPS) is 21.2. The number of carbonyl (C=O) groups excluding carboxylic acids is 4. The Morgan fingerprint density at radius 3 is 2.50 bits per heavy atom. The Kier molecular flexibility index (Phi) is 6.63. The Hall–Kier alpha value is -4.06. The number of ketones is 1. The van der Waals surface area contributed by atoms with Crippen LogP contribution in [0.25, 0.3) is 0 Å². The standard InChI is InChI=1S/C27H27FN4O4/c1-16(2)12-22(31(3)25(35)23(33)17-8-10-18(28)11-9-17)24(34)32-15-27(13-19(32)14-29)20-6-4-5-7-21(20)30-26(27)36/h4-11,16,19,22H,12-13,15H2,1-3H3,(H,30,36)/t19-,22-,27-/m0/s1. The van der Waals surface area contributed by atoms with E-state index < -0.39 is 40.9 Å². The summed E-state index contributed by atoms with van der Waals surface area (Å²) in [7, 11) is 1.37. The smallest absolute Gasteiger partial charge is 0.295 e. The van der Waals surface area contributed by atoms with Gasteiger partial charge >= 0.3 is 0 Å². The molecule has 2 aliphatic rings. The molecule has 0 bridgehead atoms. The van der Waals surface area contributed by atoms with Gasteiger partial charge in [-0.1, -0.05) is 32.0 Å². The molecule has 0 aliphatic carbocycles. The van der Waals surface area contributed by atoms with Crippen LogP contribution < -0.4 is 5.32 Å². The van der Waals surface area contributed by atoms with Crippen LogP contribution in [0.4, 0.5) is 10.1 Å². The average molecular weight is 491 g/mol.